The molecule has 116 valence electrons. The van der Waals surface area contributed by atoms with Crippen LogP contribution in [-0.2, 0) is 16.4 Å². The van der Waals surface area contributed by atoms with Gasteiger partial charge < -0.3 is 5.32 Å². The first kappa shape index (κ1) is 15.8. The third-order valence-electron chi connectivity index (χ3n) is 3.84. The van der Waals surface area contributed by atoms with Crippen LogP contribution >= 0.6 is 0 Å². The zero-order chi connectivity index (χ0) is 15.8. The minimum absolute atomic E-state index is 0.108. The molecule has 1 aliphatic rings. The third kappa shape index (κ3) is 3.20. The van der Waals surface area contributed by atoms with Gasteiger partial charge in [-0.3, -0.25) is 9.10 Å². The maximum absolute atomic E-state index is 12.1. The second kappa shape index (κ2) is 5.67. The second-order valence-electron chi connectivity index (χ2n) is 5.74. The van der Waals surface area contributed by atoms with E-state index in [9.17, 15) is 13.2 Å². The van der Waals surface area contributed by atoms with Crippen LogP contribution in [0.25, 0.3) is 0 Å². The Morgan fingerprint density at radius 3 is 2.71 bits per heavy atom. The maximum Gasteiger partial charge on any atom is 0.251 e. The highest BCUT2D eigenvalue weighted by atomic mass is 32.2. The number of hydrogen-bond donors (Lipinski definition) is 1. The van der Waals surface area contributed by atoms with Gasteiger partial charge in [-0.1, -0.05) is 6.92 Å². The molecule has 1 amide bonds. The van der Waals surface area contributed by atoms with Gasteiger partial charge in [-0.25, -0.2) is 8.42 Å². The molecule has 0 unspecified atom stereocenters. The predicted molar refractivity (Wildman–Crippen MR) is 84.2 cm³/mol. The number of benzene rings is 1. The molecule has 0 saturated heterocycles. The summed E-state index contributed by atoms with van der Waals surface area (Å²) >= 11 is 0. The van der Waals surface area contributed by atoms with Gasteiger partial charge in [-0.15, -0.1) is 0 Å². The smallest absolute Gasteiger partial charge is 0.251 e. The van der Waals surface area contributed by atoms with Crippen LogP contribution in [0.3, 0.4) is 0 Å². The van der Waals surface area contributed by atoms with Crippen LogP contribution in [0.5, 0.6) is 0 Å². The molecular formula is C15H22N2O3S. The highest BCUT2D eigenvalue weighted by Crippen LogP contribution is 2.34. The molecule has 1 heterocycles. The number of sulfonamides is 1. The van der Waals surface area contributed by atoms with Crippen molar-refractivity contribution < 1.29 is 13.2 Å². The lowest BCUT2D eigenvalue weighted by Crippen LogP contribution is -2.34. The topological polar surface area (TPSA) is 66.5 Å². The van der Waals surface area contributed by atoms with Crippen LogP contribution in [0.4, 0.5) is 5.69 Å². The summed E-state index contributed by atoms with van der Waals surface area (Å²) in [6, 6.07) is 5.23. The van der Waals surface area contributed by atoms with Gasteiger partial charge in [0.1, 0.15) is 0 Å². The number of amides is 1. The van der Waals surface area contributed by atoms with Gasteiger partial charge in [0.2, 0.25) is 10.0 Å². The Morgan fingerprint density at radius 1 is 1.48 bits per heavy atom. The molecule has 6 heteroatoms. The molecule has 1 N–H and O–H groups in total. The Kier molecular flexibility index (Phi) is 4.27. The molecule has 0 bridgehead atoms. The van der Waals surface area contributed by atoms with E-state index in [4.69, 9.17) is 0 Å². The minimum Gasteiger partial charge on any atom is -0.350 e. The second-order valence-corrected chi connectivity index (χ2v) is 7.60. The van der Waals surface area contributed by atoms with Crippen LogP contribution in [-0.4, -0.2) is 32.7 Å². The van der Waals surface area contributed by atoms with Gasteiger partial charge in [-0.05, 0) is 50.5 Å². The molecule has 0 spiro atoms. The standard InChI is InChI=1S/C15H22N2O3S/c1-5-10(2)16-15(18)12-6-7-14-13(9-12)8-11(3)17(14)21(4,19)20/h6-7,9-11H,5,8H2,1-4H3,(H,16,18)/t10-,11-/m1/s1. The van der Waals surface area contributed by atoms with Crippen molar-refractivity contribution in [1.29, 1.82) is 0 Å². The molecule has 21 heavy (non-hydrogen) atoms. The molecule has 2 atom stereocenters. The number of hydrogen-bond acceptors (Lipinski definition) is 3. The van der Waals surface area contributed by atoms with Crippen LogP contribution in [0.1, 0.15) is 43.1 Å². The number of carbonyl (C=O) groups is 1. The maximum atomic E-state index is 12.1. The van der Waals surface area contributed by atoms with E-state index in [-0.39, 0.29) is 18.0 Å². The summed E-state index contributed by atoms with van der Waals surface area (Å²) < 4.78 is 25.1. The fourth-order valence-electron chi connectivity index (χ4n) is 2.66. The van der Waals surface area contributed by atoms with Crippen LogP contribution < -0.4 is 9.62 Å². The van der Waals surface area contributed by atoms with Crippen molar-refractivity contribution in [2.24, 2.45) is 0 Å². The Balaban J connectivity index is 2.30. The van der Waals surface area contributed by atoms with Crippen molar-refractivity contribution in [2.75, 3.05) is 10.6 Å². The Morgan fingerprint density at radius 2 is 2.14 bits per heavy atom. The van der Waals surface area contributed by atoms with Gasteiger partial charge in [0.25, 0.3) is 5.91 Å². The number of carbonyl (C=O) groups excluding carboxylic acids is 1. The van der Waals surface area contributed by atoms with Gasteiger partial charge >= 0.3 is 0 Å². The molecule has 0 saturated carbocycles. The van der Waals surface area contributed by atoms with Crippen molar-refractivity contribution in [1.82, 2.24) is 5.32 Å². The third-order valence-corrected chi connectivity index (χ3v) is 5.11. The largest absolute Gasteiger partial charge is 0.350 e. The summed E-state index contributed by atoms with van der Waals surface area (Å²) in [5, 5.41) is 2.92. The fourth-order valence-corrected chi connectivity index (χ4v) is 3.92. The molecule has 0 aliphatic carbocycles. The summed E-state index contributed by atoms with van der Waals surface area (Å²) in [6.45, 7) is 5.85. The van der Waals surface area contributed by atoms with E-state index in [1.165, 1.54) is 10.6 Å². The summed E-state index contributed by atoms with van der Waals surface area (Å²) in [4.78, 5) is 12.1. The number of nitrogens with zero attached hydrogens (tertiary/aromatic N) is 1. The summed E-state index contributed by atoms with van der Waals surface area (Å²) in [6.07, 6.45) is 2.71. The van der Waals surface area contributed by atoms with Gasteiger partial charge in [-0.2, -0.15) is 0 Å². The molecule has 1 aromatic rings. The number of rotatable bonds is 4. The molecule has 1 aliphatic heterocycles. The Labute approximate surface area is 126 Å². The quantitative estimate of drug-likeness (QED) is 0.924. The normalized spacial score (nSPS) is 19.2. The predicted octanol–water partition coefficient (Wildman–Crippen LogP) is 1.93. The van der Waals surface area contributed by atoms with E-state index in [1.807, 2.05) is 20.8 Å². The lowest BCUT2D eigenvalue weighted by molar-refractivity contribution is 0.0939. The van der Waals surface area contributed by atoms with Gasteiger partial charge in [0.15, 0.2) is 0 Å². The first-order valence-electron chi connectivity index (χ1n) is 7.17. The van der Waals surface area contributed by atoms with Crippen molar-refractivity contribution in [2.45, 2.75) is 45.7 Å². The molecule has 5 nitrogen and oxygen atoms in total. The SMILES string of the molecule is CC[C@@H](C)NC(=O)c1ccc2c(c1)C[C@@H](C)N2S(C)(=O)=O. The summed E-state index contributed by atoms with van der Waals surface area (Å²) in [5.41, 5.74) is 2.17. The van der Waals surface area contributed by atoms with E-state index in [1.54, 1.807) is 18.2 Å². The molecule has 0 aromatic heterocycles. The monoisotopic (exact) mass is 310 g/mol. The Bertz CT molecular complexity index is 655. The van der Waals surface area contributed by atoms with E-state index in [0.717, 1.165) is 12.0 Å². The molecule has 2 rings (SSSR count). The van der Waals surface area contributed by atoms with Crippen LogP contribution in [0.15, 0.2) is 18.2 Å². The van der Waals surface area contributed by atoms with Crippen molar-refractivity contribution in [3.8, 4) is 0 Å². The number of anilines is 1. The van der Waals surface area contributed by atoms with E-state index in [2.05, 4.69) is 5.32 Å². The van der Waals surface area contributed by atoms with E-state index in [0.29, 0.717) is 17.7 Å². The zero-order valence-corrected chi connectivity index (χ0v) is 13.7. The zero-order valence-electron chi connectivity index (χ0n) is 12.9. The molecule has 0 radical (unpaired) electrons. The van der Waals surface area contributed by atoms with Crippen molar-refractivity contribution in [3.05, 3.63) is 29.3 Å². The first-order valence-corrected chi connectivity index (χ1v) is 9.02. The minimum atomic E-state index is -3.29. The average Bonchev–Trinajstić information content (AvgIpc) is 2.72. The highest BCUT2D eigenvalue weighted by molar-refractivity contribution is 7.92. The average molecular weight is 310 g/mol. The summed E-state index contributed by atoms with van der Waals surface area (Å²) in [5.74, 6) is -0.113. The molecule has 1 aromatic carbocycles. The molecular weight excluding hydrogens is 288 g/mol. The number of fused-ring (bicyclic) bond motifs is 1. The lowest BCUT2D eigenvalue weighted by Gasteiger charge is -2.22. The fraction of sp³-hybridized carbons (Fsp3) is 0.533. The van der Waals surface area contributed by atoms with E-state index >= 15 is 0 Å². The van der Waals surface area contributed by atoms with E-state index < -0.39 is 10.0 Å². The Hall–Kier alpha value is -1.56. The van der Waals surface area contributed by atoms with Crippen molar-refractivity contribution >= 4 is 21.6 Å². The van der Waals surface area contributed by atoms with Crippen LogP contribution in [0.2, 0.25) is 0 Å². The van der Waals surface area contributed by atoms with Gasteiger partial charge in [0, 0.05) is 17.6 Å². The summed E-state index contributed by atoms with van der Waals surface area (Å²) in [7, 11) is -3.29. The van der Waals surface area contributed by atoms with Gasteiger partial charge in [0.05, 0.1) is 11.9 Å². The van der Waals surface area contributed by atoms with Crippen molar-refractivity contribution in [3.63, 3.8) is 0 Å². The lowest BCUT2D eigenvalue weighted by atomic mass is 10.1. The van der Waals surface area contributed by atoms with Crippen LogP contribution in [0, 0.1) is 0 Å². The number of nitrogens with one attached hydrogen (secondary N) is 1. The molecule has 0 fully saturated rings. The first-order chi connectivity index (χ1) is 9.74. The highest BCUT2D eigenvalue weighted by Gasteiger charge is 2.32.